The number of carbonyl (C=O) groups is 2. The molecule has 0 aliphatic rings. The van der Waals surface area contributed by atoms with Crippen molar-refractivity contribution in [3.63, 3.8) is 0 Å². The van der Waals surface area contributed by atoms with Crippen molar-refractivity contribution in [3.8, 4) is 22.6 Å². The van der Waals surface area contributed by atoms with Crippen LogP contribution in [0.2, 0.25) is 0 Å². The molecule has 3 aromatic rings. The lowest BCUT2D eigenvalue weighted by molar-refractivity contribution is -0.123. The first-order chi connectivity index (χ1) is 14.7. The summed E-state index contributed by atoms with van der Waals surface area (Å²) in [5.74, 6) is 0.294. The summed E-state index contributed by atoms with van der Waals surface area (Å²) in [4.78, 5) is 24.4. The van der Waals surface area contributed by atoms with Gasteiger partial charge in [-0.05, 0) is 36.2 Å². The second kappa shape index (κ2) is 10.7. The number of hydrogen-bond acceptors (Lipinski definition) is 4. The fourth-order valence-electron chi connectivity index (χ4n) is 2.77. The van der Waals surface area contributed by atoms with Crippen LogP contribution in [0.4, 0.5) is 0 Å². The Morgan fingerprint density at radius 1 is 0.833 bits per heavy atom. The number of rotatable bonds is 8. The van der Waals surface area contributed by atoms with E-state index in [-0.39, 0.29) is 6.61 Å². The normalized spacial score (nSPS) is 10.2. The van der Waals surface area contributed by atoms with Gasteiger partial charge in [-0.2, -0.15) is 0 Å². The van der Waals surface area contributed by atoms with Gasteiger partial charge in [0.25, 0.3) is 11.8 Å². The van der Waals surface area contributed by atoms with Gasteiger partial charge in [-0.25, -0.2) is 0 Å². The molecule has 0 aliphatic heterocycles. The van der Waals surface area contributed by atoms with Crippen molar-refractivity contribution in [2.45, 2.75) is 13.3 Å². The molecule has 3 aromatic carbocycles. The van der Waals surface area contributed by atoms with E-state index in [9.17, 15) is 9.59 Å². The summed E-state index contributed by atoms with van der Waals surface area (Å²) < 4.78 is 11.2. The van der Waals surface area contributed by atoms with Crippen molar-refractivity contribution >= 4 is 11.8 Å². The van der Waals surface area contributed by atoms with Gasteiger partial charge in [0.15, 0.2) is 6.61 Å². The van der Waals surface area contributed by atoms with Crippen molar-refractivity contribution in [1.82, 2.24) is 10.9 Å². The highest BCUT2D eigenvalue weighted by Crippen LogP contribution is 2.29. The molecule has 0 spiro atoms. The Morgan fingerprint density at radius 2 is 1.60 bits per heavy atom. The highest BCUT2D eigenvalue weighted by molar-refractivity contribution is 5.95. The van der Waals surface area contributed by atoms with E-state index in [0.717, 1.165) is 17.5 Å². The Kier molecular flexibility index (Phi) is 7.44. The monoisotopic (exact) mass is 404 g/mol. The molecule has 2 amide bonds. The fourth-order valence-corrected chi connectivity index (χ4v) is 2.77. The van der Waals surface area contributed by atoms with E-state index < -0.39 is 11.8 Å². The van der Waals surface area contributed by atoms with E-state index in [0.29, 0.717) is 23.7 Å². The second-order valence-electron chi connectivity index (χ2n) is 6.53. The molecule has 0 heterocycles. The van der Waals surface area contributed by atoms with Crippen LogP contribution >= 0.6 is 0 Å². The van der Waals surface area contributed by atoms with Crippen LogP contribution in [0.3, 0.4) is 0 Å². The van der Waals surface area contributed by atoms with Gasteiger partial charge in [0.05, 0.1) is 6.61 Å². The van der Waals surface area contributed by atoms with Crippen LogP contribution in [0, 0.1) is 0 Å². The Bertz CT molecular complexity index is 989. The first-order valence-corrected chi connectivity index (χ1v) is 9.76. The molecule has 0 saturated heterocycles. The van der Waals surface area contributed by atoms with Crippen molar-refractivity contribution in [2.75, 3.05) is 13.2 Å². The zero-order valence-electron chi connectivity index (χ0n) is 16.8. The number of ether oxygens (including phenoxy) is 2. The summed E-state index contributed by atoms with van der Waals surface area (Å²) in [5, 5.41) is 0. The maximum Gasteiger partial charge on any atom is 0.276 e. The minimum atomic E-state index is -0.468. The Labute approximate surface area is 175 Å². The topological polar surface area (TPSA) is 76.7 Å². The number of hydrogen-bond donors (Lipinski definition) is 2. The molecule has 0 radical (unpaired) electrons. The smallest absolute Gasteiger partial charge is 0.276 e. The molecule has 0 aliphatic carbocycles. The minimum Gasteiger partial charge on any atom is -0.494 e. The molecule has 154 valence electrons. The molecule has 0 atom stereocenters. The van der Waals surface area contributed by atoms with E-state index in [1.807, 2.05) is 55.5 Å². The van der Waals surface area contributed by atoms with Gasteiger partial charge < -0.3 is 9.47 Å². The number of benzene rings is 3. The molecular weight excluding hydrogens is 380 g/mol. The van der Waals surface area contributed by atoms with Crippen LogP contribution in [0.1, 0.15) is 23.7 Å². The van der Waals surface area contributed by atoms with Crippen LogP contribution in [-0.4, -0.2) is 25.0 Å². The number of para-hydroxylation sites is 1. The SMILES string of the molecule is CCCOc1cccc(C(=O)NNC(=O)COc2ccccc2-c2ccccc2)c1. The van der Waals surface area contributed by atoms with Gasteiger partial charge in [0.1, 0.15) is 11.5 Å². The van der Waals surface area contributed by atoms with Gasteiger partial charge in [0.2, 0.25) is 0 Å². The van der Waals surface area contributed by atoms with Crippen molar-refractivity contribution in [1.29, 1.82) is 0 Å². The number of hydrazine groups is 1. The second-order valence-corrected chi connectivity index (χ2v) is 6.53. The number of carbonyl (C=O) groups excluding carboxylic acids is 2. The van der Waals surface area contributed by atoms with Gasteiger partial charge in [-0.15, -0.1) is 0 Å². The quantitative estimate of drug-likeness (QED) is 0.557. The van der Waals surface area contributed by atoms with Crippen molar-refractivity contribution in [2.24, 2.45) is 0 Å². The first-order valence-electron chi connectivity index (χ1n) is 9.76. The van der Waals surface area contributed by atoms with Crippen molar-refractivity contribution in [3.05, 3.63) is 84.4 Å². The molecular formula is C24H24N2O4. The Morgan fingerprint density at radius 3 is 2.40 bits per heavy atom. The summed E-state index contributed by atoms with van der Waals surface area (Å²) in [6.07, 6.45) is 0.875. The highest BCUT2D eigenvalue weighted by atomic mass is 16.5. The van der Waals surface area contributed by atoms with Gasteiger partial charge >= 0.3 is 0 Å². The standard InChI is InChI=1S/C24H24N2O4/c1-2-15-29-20-12-8-11-19(16-20)24(28)26-25-23(27)17-30-22-14-7-6-13-21(22)18-9-4-3-5-10-18/h3-14,16H,2,15,17H2,1H3,(H,25,27)(H,26,28). The first kappa shape index (κ1) is 20.9. The molecule has 6 heteroatoms. The van der Waals surface area contributed by atoms with Gasteiger partial charge in [-0.3, -0.25) is 20.4 Å². The summed E-state index contributed by atoms with van der Waals surface area (Å²) >= 11 is 0. The number of amides is 2. The maximum atomic E-state index is 12.3. The number of nitrogens with one attached hydrogen (secondary N) is 2. The molecule has 0 aromatic heterocycles. The van der Waals surface area contributed by atoms with E-state index >= 15 is 0 Å². The third-order valence-electron chi connectivity index (χ3n) is 4.22. The molecule has 30 heavy (non-hydrogen) atoms. The molecule has 3 rings (SSSR count). The average Bonchev–Trinajstić information content (AvgIpc) is 2.80. The Balaban J connectivity index is 1.53. The Hall–Kier alpha value is -3.80. The van der Waals surface area contributed by atoms with E-state index in [4.69, 9.17) is 9.47 Å². The van der Waals surface area contributed by atoms with Crippen LogP contribution in [-0.2, 0) is 4.79 Å². The van der Waals surface area contributed by atoms with Crippen LogP contribution in [0.25, 0.3) is 11.1 Å². The maximum absolute atomic E-state index is 12.3. The van der Waals surface area contributed by atoms with E-state index in [1.165, 1.54) is 0 Å². The lowest BCUT2D eigenvalue weighted by Crippen LogP contribution is -2.43. The third-order valence-corrected chi connectivity index (χ3v) is 4.22. The highest BCUT2D eigenvalue weighted by Gasteiger charge is 2.11. The minimum absolute atomic E-state index is 0.232. The largest absolute Gasteiger partial charge is 0.494 e. The molecule has 0 unspecified atom stereocenters. The van der Waals surface area contributed by atoms with Crippen LogP contribution in [0.15, 0.2) is 78.9 Å². The van der Waals surface area contributed by atoms with E-state index in [1.54, 1.807) is 30.3 Å². The lowest BCUT2D eigenvalue weighted by atomic mass is 10.1. The summed E-state index contributed by atoms with van der Waals surface area (Å²) in [5.41, 5.74) is 7.03. The van der Waals surface area contributed by atoms with Gasteiger partial charge in [-0.1, -0.05) is 61.5 Å². The van der Waals surface area contributed by atoms with E-state index in [2.05, 4.69) is 10.9 Å². The summed E-state index contributed by atoms with van der Waals surface area (Å²) in [6.45, 7) is 2.35. The van der Waals surface area contributed by atoms with Gasteiger partial charge in [0, 0.05) is 11.1 Å². The molecule has 0 bridgehead atoms. The predicted molar refractivity (Wildman–Crippen MR) is 115 cm³/mol. The zero-order chi connectivity index (χ0) is 21.2. The summed E-state index contributed by atoms with van der Waals surface area (Å²) in [7, 11) is 0. The van der Waals surface area contributed by atoms with Crippen molar-refractivity contribution < 1.29 is 19.1 Å². The zero-order valence-corrected chi connectivity index (χ0v) is 16.8. The molecule has 0 fully saturated rings. The fraction of sp³-hybridized carbons (Fsp3) is 0.167. The van der Waals surface area contributed by atoms with Crippen LogP contribution < -0.4 is 20.3 Å². The lowest BCUT2D eigenvalue weighted by Gasteiger charge is -2.12. The molecule has 6 nitrogen and oxygen atoms in total. The summed E-state index contributed by atoms with van der Waals surface area (Å²) in [6, 6.07) is 24.0. The molecule has 0 saturated carbocycles. The van der Waals surface area contributed by atoms with Crippen LogP contribution in [0.5, 0.6) is 11.5 Å². The molecule has 2 N–H and O–H groups in total. The third kappa shape index (κ3) is 5.85. The average molecular weight is 404 g/mol. The predicted octanol–water partition coefficient (Wildman–Crippen LogP) is 3.98.